The van der Waals surface area contributed by atoms with Crippen molar-refractivity contribution in [3.8, 4) is 0 Å². The number of rotatable bonds is 4. The van der Waals surface area contributed by atoms with Crippen molar-refractivity contribution < 1.29 is 27.5 Å². The van der Waals surface area contributed by atoms with E-state index in [0.29, 0.717) is 12.1 Å². The zero-order valence-electron chi connectivity index (χ0n) is 11.8. The molecule has 1 aromatic heterocycles. The van der Waals surface area contributed by atoms with Gasteiger partial charge in [-0.15, -0.1) is 0 Å². The maximum absolute atomic E-state index is 13.6. The highest BCUT2D eigenvalue weighted by molar-refractivity contribution is 5.97. The van der Waals surface area contributed by atoms with Crippen LogP contribution in [-0.2, 0) is 9.53 Å². The number of aromatic nitrogens is 1. The fourth-order valence-electron chi connectivity index (χ4n) is 1.88. The van der Waals surface area contributed by atoms with Crippen LogP contribution < -0.4 is 5.32 Å². The van der Waals surface area contributed by atoms with Crippen LogP contribution in [-0.4, -0.2) is 24.0 Å². The maximum Gasteiger partial charge on any atom is 0.334 e. The van der Waals surface area contributed by atoms with Crippen molar-refractivity contribution >= 4 is 11.9 Å². The zero-order valence-corrected chi connectivity index (χ0v) is 11.8. The summed E-state index contributed by atoms with van der Waals surface area (Å²) in [5, 5.41) is 2.12. The fraction of sp³-hybridized carbons (Fsp3) is 0.133. The molecule has 0 unspecified atom stereocenters. The predicted octanol–water partition coefficient (Wildman–Crippen LogP) is 2.14. The summed E-state index contributed by atoms with van der Waals surface area (Å²) in [6.45, 7) is 0. The van der Waals surface area contributed by atoms with Gasteiger partial charge >= 0.3 is 5.97 Å². The van der Waals surface area contributed by atoms with Gasteiger partial charge in [0.05, 0.1) is 12.8 Å². The summed E-state index contributed by atoms with van der Waals surface area (Å²) >= 11 is 0. The Balaban J connectivity index is 2.34. The Labute approximate surface area is 129 Å². The van der Waals surface area contributed by atoms with Gasteiger partial charge in [0.25, 0.3) is 5.91 Å². The number of esters is 1. The van der Waals surface area contributed by atoms with Gasteiger partial charge in [-0.3, -0.25) is 9.78 Å². The van der Waals surface area contributed by atoms with Gasteiger partial charge < -0.3 is 10.1 Å². The van der Waals surface area contributed by atoms with Crippen molar-refractivity contribution in [2.24, 2.45) is 0 Å². The molecule has 2 aromatic rings. The highest BCUT2D eigenvalue weighted by Gasteiger charge is 2.28. The Morgan fingerprint density at radius 3 is 2.35 bits per heavy atom. The molecule has 0 radical (unpaired) electrons. The van der Waals surface area contributed by atoms with E-state index in [-0.39, 0.29) is 5.69 Å². The molecule has 0 aliphatic rings. The Bertz CT molecular complexity index is 715. The molecule has 0 fully saturated rings. The fourth-order valence-corrected chi connectivity index (χ4v) is 1.88. The van der Waals surface area contributed by atoms with Gasteiger partial charge in [-0.2, -0.15) is 0 Å². The molecule has 1 heterocycles. The number of halogens is 3. The van der Waals surface area contributed by atoms with Crippen LogP contribution in [0.15, 0.2) is 36.5 Å². The molecule has 120 valence electrons. The summed E-state index contributed by atoms with van der Waals surface area (Å²) in [6, 6.07) is 3.94. The number of hydrogen-bond acceptors (Lipinski definition) is 4. The normalized spacial score (nSPS) is 11.7. The SMILES string of the molecule is COC(=O)[C@H](NC(=O)c1c(F)cc(F)cc1F)c1ccccn1. The highest BCUT2D eigenvalue weighted by atomic mass is 19.1. The lowest BCUT2D eigenvalue weighted by Gasteiger charge is -2.16. The third kappa shape index (κ3) is 3.65. The third-order valence-electron chi connectivity index (χ3n) is 2.93. The molecule has 0 spiro atoms. The number of methoxy groups -OCH3 is 1. The molecule has 1 amide bonds. The topological polar surface area (TPSA) is 68.3 Å². The molecule has 0 bridgehead atoms. The van der Waals surface area contributed by atoms with Crippen molar-refractivity contribution in [1.29, 1.82) is 0 Å². The molecule has 2 rings (SSSR count). The van der Waals surface area contributed by atoms with E-state index in [4.69, 9.17) is 0 Å². The first-order valence-electron chi connectivity index (χ1n) is 6.38. The first kappa shape index (κ1) is 16.5. The van der Waals surface area contributed by atoms with E-state index < -0.39 is 40.9 Å². The van der Waals surface area contributed by atoms with Crippen molar-refractivity contribution in [2.45, 2.75) is 6.04 Å². The van der Waals surface area contributed by atoms with Gasteiger partial charge in [-0.05, 0) is 12.1 Å². The molecule has 1 aromatic carbocycles. The summed E-state index contributed by atoms with van der Waals surface area (Å²) in [7, 11) is 1.09. The molecule has 23 heavy (non-hydrogen) atoms. The molecule has 1 N–H and O–H groups in total. The summed E-state index contributed by atoms with van der Waals surface area (Å²) in [6.07, 6.45) is 1.37. The van der Waals surface area contributed by atoms with Crippen LogP contribution in [0, 0.1) is 17.5 Å². The first-order chi connectivity index (χ1) is 10.9. The number of ether oxygens (including phenoxy) is 1. The van der Waals surface area contributed by atoms with Gasteiger partial charge in [0.1, 0.15) is 23.0 Å². The van der Waals surface area contributed by atoms with E-state index in [1.165, 1.54) is 12.3 Å². The van der Waals surface area contributed by atoms with Crippen LogP contribution in [0.25, 0.3) is 0 Å². The molecule has 0 saturated carbocycles. The lowest BCUT2D eigenvalue weighted by molar-refractivity contribution is -0.143. The van der Waals surface area contributed by atoms with E-state index in [0.717, 1.165) is 7.11 Å². The lowest BCUT2D eigenvalue weighted by atomic mass is 10.1. The monoisotopic (exact) mass is 324 g/mol. The van der Waals surface area contributed by atoms with E-state index in [9.17, 15) is 22.8 Å². The average Bonchev–Trinajstić information content (AvgIpc) is 2.51. The Morgan fingerprint density at radius 1 is 1.17 bits per heavy atom. The largest absolute Gasteiger partial charge is 0.467 e. The second-order valence-corrected chi connectivity index (χ2v) is 4.43. The minimum atomic E-state index is -1.38. The van der Waals surface area contributed by atoms with Gasteiger partial charge in [-0.1, -0.05) is 6.07 Å². The Hall–Kier alpha value is -2.90. The summed E-state index contributed by atoms with van der Waals surface area (Å²) < 4.78 is 44.7. The second kappa shape index (κ2) is 6.91. The van der Waals surface area contributed by atoms with Crippen molar-refractivity contribution in [3.05, 3.63) is 65.2 Å². The standard InChI is InChI=1S/C15H11F3N2O3/c1-23-15(22)13(11-4-2-3-5-19-11)20-14(21)12-9(17)6-8(16)7-10(12)18/h2-7,13H,1H3,(H,20,21)/t13-/m1/s1. The van der Waals surface area contributed by atoms with Gasteiger partial charge in [0, 0.05) is 18.3 Å². The number of nitrogens with zero attached hydrogens (tertiary/aromatic N) is 1. The number of hydrogen-bond donors (Lipinski definition) is 1. The lowest BCUT2D eigenvalue weighted by Crippen LogP contribution is -2.36. The number of carbonyl (C=O) groups is 2. The smallest absolute Gasteiger partial charge is 0.334 e. The predicted molar refractivity (Wildman–Crippen MR) is 72.8 cm³/mol. The minimum Gasteiger partial charge on any atom is -0.467 e. The molecule has 5 nitrogen and oxygen atoms in total. The van der Waals surface area contributed by atoms with E-state index in [1.54, 1.807) is 12.1 Å². The zero-order chi connectivity index (χ0) is 17.0. The Morgan fingerprint density at radius 2 is 1.83 bits per heavy atom. The molecule has 8 heteroatoms. The van der Waals surface area contributed by atoms with Crippen LogP contribution in [0.5, 0.6) is 0 Å². The van der Waals surface area contributed by atoms with Crippen LogP contribution >= 0.6 is 0 Å². The molecule has 0 aliphatic heterocycles. The molecule has 1 atom stereocenters. The van der Waals surface area contributed by atoms with E-state index in [1.807, 2.05) is 0 Å². The number of nitrogens with one attached hydrogen (secondary N) is 1. The van der Waals surface area contributed by atoms with Gasteiger partial charge in [0.2, 0.25) is 0 Å². The highest BCUT2D eigenvalue weighted by Crippen LogP contribution is 2.17. The number of amides is 1. The molecule has 0 aliphatic carbocycles. The first-order valence-corrected chi connectivity index (χ1v) is 6.38. The van der Waals surface area contributed by atoms with Crippen LogP contribution in [0.2, 0.25) is 0 Å². The van der Waals surface area contributed by atoms with Crippen molar-refractivity contribution in [3.63, 3.8) is 0 Å². The molecular weight excluding hydrogens is 313 g/mol. The van der Waals surface area contributed by atoms with Gasteiger partial charge in [-0.25, -0.2) is 18.0 Å². The third-order valence-corrected chi connectivity index (χ3v) is 2.93. The maximum atomic E-state index is 13.6. The number of carbonyl (C=O) groups excluding carboxylic acids is 2. The van der Waals surface area contributed by atoms with Crippen molar-refractivity contribution in [2.75, 3.05) is 7.11 Å². The summed E-state index contributed by atoms with van der Waals surface area (Å²) in [5.41, 5.74) is -0.883. The van der Waals surface area contributed by atoms with E-state index in [2.05, 4.69) is 15.0 Å². The Kier molecular flexibility index (Phi) is 4.95. The average molecular weight is 324 g/mol. The van der Waals surface area contributed by atoms with Crippen LogP contribution in [0.3, 0.4) is 0 Å². The minimum absolute atomic E-state index is 0.121. The van der Waals surface area contributed by atoms with Crippen LogP contribution in [0.1, 0.15) is 22.1 Å². The van der Waals surface area contributed by atoms with E-state index >= 15 is 0 Å². The van der Waals surface area contributed by atoms with Crippen LogP contribution in [0.4, 0.5) is 13.2 Å². The quantitative estimate of drug-likeness (QED) is 0.875. The number of pyridine rings is 1. The van der Waals surface area contributed by atoms with Gasteiger partial charge in [0.15, 0.2) is 6.04 Å². The summed E-state index contributed by atoms with van der Waals surface area (Å²) in [5.74, 6) is -6.04. The molecular formula is C15H11F3N2O3. The van der Waals surface area contributed by atoms with Crippen molar-refractivity contribution in [1.82, 2.24) is 10.3 Å². The second-order valence-electron chi connectivity index (χ2n) is 4.43. The molecule has 0 saturated heterocycles. The number of benzene rings is 1. The summed E-state index contributed by atoms with van der Waals surface area (Å²) in [4.78, 5) is 27.7.